The fourth-order valence-electron chi connectivity index (χ4n) is 2.04. The molecule has 0 fully saturated rings. The number of hydrogen-bond donors (Lipinski definition) is 1. The minimum Gasteiger partial charge on any atom is -0.491 e. The highest BCUT2D eigenvalue weighted by Crippen LogP contribution is 2.29. The van der Waals surface area contributed by atoms with E-state index in [-0.39, 0.29) is 6.10 Å². The van der Waals surface area contributed by atoms with Gasteiger partial charge in [0.1, 0.15) is 5.75 Å². The van der Waals surface area contributed by atoms with Gasteiger partial charge in [-0.15, -0.1) is 0 Å². The van der Waals surface area contributed by atoms with Crippen molar-refractivity contribution in [1.29, 1.82) is 0 Å². The third kappa shape index (κ3) is 3.10. The second-order valence-corrected chi connectivity index (χ2v) is 4.96. The average molecular weight is 279 g/mol. The van der Waals surface area contributed by atoms with E-state index in [9.17, 15) is 14.7 Å². The van der Waals surface area contributed by atoms with Crippen LogP contribution in [-0.4, -0.2) is 35.0 Å². The molecule has 5 heteroatoms. The van der Waals surface area contributed by atoms with Crippen LogP contribution in [0.5, 0.6) is 5.75 Å². The molecular formula is C15H21NO4. The maximum atomic E-state index is 11.6. The molecule has 1 amide bonds. The fraction of sp³-hybridized carbons (Fsp3) is 0.467. The molecule has 0 saturated heterocycles. The van der Waals surface area contributed by atoms with Crippen molar-refractivity contribution in [3.63, 3.8) is 0 Å². The molecule has 0 aliphatic carbocycles. The molecule has 0 radical (unpaired) electrons. The van der Waals surface area contributed by atoms with Gasteiger partial charge in [-0.25, -0.2) is 4.79 Å². The van der Waals surface area contributed by atoms with E-state index in [1.807, 2.05) is 13.8 Å². The number of likely N-dealkylation sites (N-methyl/N-ethyl adjacent to an activating group) is 1. The second-order valence-electron chi connectivity index (χ2n) is 4.96. The van der Waals surface area contributed by atoms with Crippen molar-refractivity contribution in [2.45, 2.75) is 39.3 Å². The number of benzene rings is 1. The minimum absolute atomic E-state index is 0.0498. The molecule has 0 aliphatic rings. The van der Waals surface area contributed by atoms with E-state index >= 15 is 0 Å². The van der Waals surface area contributed by atoms with Crippen LogP contribution in [-0.2, 0) is 15.1 Å². The van der Waals surface area contributed by atoms with Gasteiger partial charge in [0.25, 0.3) is 0 Å². The Labute approximate surface area is 119 Å². The van der Waals surface area contributed by atoms with E-state index in [4.69, 9.17) is 4.74 Å². The molecule has 0 saturated carbocycles. The van der Waals surface area contributed by atoms with Crippen molar-refractivity contribution in [2.24, 2.45) is 0 Å². The number of carboxylic acids is 1. The monoisotopic (exact) mass is 279 g/mol. The molecular weight excluding hydrogens is 258 g/mol. The maximum Gasteiger partial charge on any atom is 0.334 e. The first-order chi connectivity index (χ1) is 9.36. The molecule has 1 unspecified atom stereocenters. The topological polar surface area (TPSA) is 66.8 Å². The summed E-state index contributed by atoms with van der Waals surface area (Å²) in [4.78, 5) is 24.0. The predicted octanol–water partition coefficient (Wildman–Crippen LogP) is 2.25. The van der Waals surface area contributed by atoms with Gasteiger partial charge in [-0.3, -0.25) is 4.79 Å². The molecule has 0 aliphatic heterocycles. The van der Waals surface area contributed by atoms with Crippen LogP contribution in [0.15, 0.2) is 24.3 Å². The van der Waals surface area contributed by atoms with Crippen LogP contribution >= 0.6 is 0 Å². The predicted molar refractivity (Wildman–Crippen MR) is 75.6 cm³/mol. The molecule has 1 N–H and O–H groups in total. The lowest BCUT2D eigenvalue weighted by Gasteiger charge is -2.34. The number of aliphatic carboxylic acids is 1. The van der Waals surface area contributed by atoms with E-state index in [1.54, 1.807) is 31.2 Å². The van der Waals surface area contributed by atoms with Crippen LogP contribution in [0.25, 0.3) is 0 Å². The summed E-state index contributed by atoms with van der Waals surface area (Å²) in [5.41, 5.74) is -0.845. The number of carboxylic acid groups (broad SMARTS) is 1. The smallest absolute Gasteiger partial charge is 0.334 e. The first-order valence-corrected chi connectivity index (χ1v) is 6.58. The summed E-state index contributed by atoms with van der Waals surface area (Å²) in [6.07, 6.45) is 0.612. The van der Waals surface area contributed by atoms with E-state index in [0.29, 0.717) is 24.3 Å². The molecule has 1 aromatic rings. The second kappa shape index (κ2) is 6.41. The highest BCUT2D eigenvalue weighted by Gasteiger charge is 2.40. The van der Waals surface area contributed by atoms with Crippen LogP contribution in [0.2, 0.25) is 0 Å². The maximum absolute atomic E-state index is 11.6. The first-order valence-electron chi connectivity index (χ1n) is 6.58. The summed E-state index contributed by atoms with van der Waals surface area (Å²) in [5.74, 6) is -0.394. The van der Waals surface area contributed by atoms with Gasteiger partial charge < -0.3 is 14.7 Å². The van der Waals surface area contributed by atoms with Crippen LogP contribution in [0.4, 0.5) is 0 Å². The Morgan fingerprint density at radius 1 is 1.40 bits per heavy atom. The molecule has 0 aromatic heterocycles. The van der Waals surface area contributed by atoms with Crippen LogP contribution in [0, 0.1) is 0 Å². The zero-order chi connectivity index (χ0) is 15.3. The Hall–Kier alpha value is -2.04. The van der Waals surface area contributed by atoms with Gasteiger partial charge in [-0.05, 0) is 45.4 Å². The molecule has 0 spiro atoms. The number of amides is 1. The van der Waals surface area contributed by atoms with Gasteiger partial charge in [0.05, 0.1) is 6.10 Å². The Kier molecular flexibility index (Phi) is 5.13. The van der Waals surface area contributed by atoms with Gasteiger partial charge in [0.2, 0.25) is 6.41 Å². The van der Waals surface area contributed by atoms with Gasteiger partial charge in [-0.1, -0.05) is 12.1 Å². The SMILES string of the molecule is CCN(C=O)C(C)(C(=O)O)c1ccc(OC(C)C)cc1. The number of ether oxygens (including phenoxy) is 1. The summed E-state index contributed by atoms with van der Waals surface area (Å²) in [7, 11) is 0. The third-order valence-corrected chi connectivity index (χ3v) is 3.25. The highest BCUT2D eigenvalue weighted by atomic mass is 16.5. The van der Waals surface area contributed by atoms with E-state index in [0.717, 1.165) is 0 Å². The molecule has 5 nitrogen and oxygen atoms in total. The lowest BCUT2D eigenvalue weighted by molar-refractivity contribution is -0.154. The van der Waals surface area contributed by atoms with Crippen molar-refractivity contribution < 1.29 is 19.4 Å². The Morgan fingerprint density at radius 2 is 1.95 bits per heavy atom. The van der Waals surface area contributed by atoms with Crippen molar-refractivity contribution in [3.8, 4) is 5.75 Å². The summed E-state index contributed by atoms with van der Waals surface area (Å²) in [6.45, 7) is 7.41. The van der Waals surface area contributed by atoms with Gasteiger partial charge in [0, 0.05) is 6.54 Å². The Balaban J connectivity index is 3.16. The van der Waals surface area contributed by atoms with Crippen molar-refractivity contribution in [1.82, 2.24) is 4.90 Å². The molecule has 1 rings (SSSR count). The fourth-order valence-corrected chi connectivity index (χ4v) is 2.04. The average Bonchev–Trinajstić information content (AvgIpc) is 2.39. The van der Waals surface area contributed by atoms with Crippen molar-refractivity contribution >= 4 is 12.4 Å². The van der Waals surface area contributed by atoms with Gasteiger partial charge in [0.15, 0.2) is 5.54 Å². The van der Waals surface area contributed by atoms with E-state index < -0.39 is 11.5 Å². The molecule has 0 heterocycles. The molecule has 20 heavy (non-hydrogen) atoms. The lowest BCUT2D eigenvalue weighted by atomic mass is 9.90. The van der Waals surface area contributed by atoms with Crippen LogP contribution in [0.3, 0.4) is 0 Å². The van der Waals surface area contributed by atoms with Crippen molar-refractivity contribution in [2.75, 3.05) is 6.54 Å². The number of nitrogens with zero attached hydrogens (tertiary/aromatic N) is 1. The van der Waals surface area contributed by atoms with E-state index in [1.165, 1.54) is 11.8 Å². The summed E-state index contributed by atoms with van der Waals surface area (Å²) < 4.78 is 5.52. The zero-order valence-electron chi connectivity index (χ0n) is 12.3. The van der Waals surface area contributed by atoms with Crippen molar-refractivity contribution in [3.05, 3.63) is 29.8 Å². The Morgan fingerprint density at radius 3 is 2.30 bits per heavy atom. The Bertz CT molecular complexity index is 469. The standard InChI is InChI=1S/C15H21NO4/c1-5-16(10-17)15(4,14(18)19)12-6-8-13(9-7-12)20-11(2)3/h6-11H,5H2,1-4H3,(H,18,19). The quantitative estimate of drug-likeness (QED) is 0.777. The van der Waals surface area contributed by atoms with Crippen LogP contribution < -0.4 is 4.74 Å². The number of carbonyl (C=O) groups excluding carboxylic acids is 1. The summed E-state index contributed by atoms with van der Waals surface area (Å²) >= 11 is 0. The molecule has 1 aromatic carbocycles. The normalized spacial score (nSPS) is 13.7. The first kappa shape index (κ1) is 16.0. The molecule has 0 bridgehead atoms. The summed E-state index contributed by atoms with van der Waals surface area (Å²) in [5, 5.41) is 9.50. The van der Waals surface area contributed by atoms with E-state index in [2.05, 4.69) is 0 Å². The molecule has 110 valence electrons. The molecule has 1 atom stereocenters. The lowest BCUT2D eigenvalue weighted by Crippen LogP contribution is -2.49. The number of hydrogen-bond acceptors (Lipinski definition) is 3. The van der Waals surface area contributed by atoms with Gasteiger partial charge in [-0.2, -0.15) is 0 Å². The van der Waals surface area contributed by atoms with Crippen LogP contribution in [0.1, 0.15) is 33.3 Å². The number of rotatable bonds is 7. The summed E-state index contributed by atoms with van der Waals surface area (Å²) in [6, 6.07) is 6.79. The zero-order valence-corrected chi connectivity index (χ0v) is 12.3. The number of carbonyl (C=O) groups is 2. The minimum atomic E-state index is -1.38. The van der Waals surface area contributed by atoms with Gasteiger partial charge >= 0.3 is 5.97 Å². The third-order valence-electron chi connectivity index (χ3n) is 3.25. The highest BCUT2D eigenvalue weighted by molar-refractivity contribution is 5.82. The largest absolute Gasteiger partial charge is 0.491 e.